The molecule has 17 heavy (non-hydrogen) atoms. The minimum absolute atomic E-state index is 0.0778. The van der Waals surface area contributed by atoms with Crippen LogP contribution in [-0.4, -0.2) is 29.3 Å². The zero-order valence-electron chi connectivity index (χ0n) is 12.1. The molecule has 0 aromatic heterocycles. The Labute approximate surface area is 120 Å². The summed E-state index contributed by atoms with van der Waals surface area (Å²) in [5.41, 5.74) is -0.156. The first-order valence-electron chi connectivity index (χ1n) is 6.00. The lowest BCUT2D eigenvalue weighted by Gasteiger charge is -2.38. The van der Waals surface area contributed by atoms with E-state index in [1.165, 1.54) is 0 Å². The SMILES string of the molecule is CN(I)CCOC(=O)C(C(C)(C)C)C(C)(C)C. The highest BCUT2D eigenvalue weighted by Crippen LogP contribution is 2.40. The Kier molecular flexibility index (Phi) is 6.42. The van der Waals surface area contributed by atoms with Crippen LogP contribution >= 0.6 is 22.9 Å². The molecule has 3 nitrogen and oxygen atoms in total. The molecule has 0 aliphatic carbocycles. The molecule has 0 saturated heterocycles. The molecule has 0 aromatic rings. The van der Waals surface area contributed by atoms with Gasteiger partial charge in [0.25, 0.3) is 0 Å². The number of ether oxygens (including phenoxy) is 1. The normalized spacial score (nSPS) is 13.3. The summed E-state index contributed by atoms with van der Waals surface area (Å²) in [7, 11) is 1.96. The van der Waals surface area contributed by atoms with Crippen molar-refractivity contribution < 1.29 is 9.53 Å². The topological polar surface area (TPSA) is 29.5 Å². The largest absolute Gasteiger partial charge is 0.464 e. The number of hydrogen-bond donors (Lipinski definition) is 0. The molecule has 0 rings (SSSR count). The van der Waals surface area contributed by atoms with E-state index < -0.39 is 0 Å². The van der Waals surface area contributed by atoms with Crippen LogP contribution in [0.1, 0.15) is 41.5 Å². The van der Waals surface area contributed by atoms with Crippen molar-refractivity contribution in [2.24, 2.45) is 16.7 Å². The molecule has 0 amide bonds. The van der Waals surface area contributed by atoms with E-state index in [9.17, 15) is 4.79 Å². The van der Waals surface area contributed by atoms with E-state index in [-0.39, 0.29) is 22.7 Å². The smallest absolute Gasteiger partial charge is 0.310 e. The molecule has 102 valence electrons. The van der Waals surface area contributed by atoms with Crippen LogP contribution in [0, 0.1) is 16.7 Å². The van der Waals surface area contributed by atoms with Gasteiger partial charge in [-0.3, -0.25) is 4.79 Å². The Hall–Kier alpha value is 0.160. The molecule has 0 aliphatic heterocycles. The number of carbonyl (C=O) groups is 1. The first kappa shape index (κ1) is 17.2. The summed E-state index contributed by atoms with van der Waals surface area (Å²) < 4.78 is 7.36. The number of rotatable bonds is 4. The van der Waals surface area contributed by atoms with E-state index in [1.54, 1.807) is 0 Å². The Balaban J connectivity index is 4.58. The van der Waals surface area contributed by atoms with Gasteiger partial charge in [0, 0.05) is 29.4 Å². The van der Waals surface area contributed by atoms with E-state index >= 15 is 0 Å². The summed E-state index contributed by atoms with van der Waals surface area (Å²) in [6, 6.07) is 0. The minimum Gasteiger partial charge on any atom is -0.464 e. The van der Waals surface area contributed by atoms with E-state index in [2.05, 4.69) is 64.4 Å². The number of hydrogen-bond acceptors (Lipinski definition) is 3. The molecule has 0 radical (unpaired) electrons. The van der Waals surface area contributed by atoms with Crippen molar-refractivity contribution in [2.75, 3.05) is 20.2 Å². The van der Waals surface area contributed by atoms with E-state index in [4.69, 9.17) is 4.74 Å². The van der Waals surface area contributed by atoms with E-state index in [1.807, 2.05) is 10.2 Å². The third-order valence-corrected chi connectivity index (χ3v) is 3.09. The van der Waals surface area contributed by atoms with Crippen LogP contribution in [0.4, 0.5) is 0 Å². The standard InChI is InChI=1S/C13H26INO2/c1-12(2,3)10(13(4,5)6)11(16)17-9-8-15(7)14/h10H,8-9H2,1-7H3. The summed E-state index contributed by atoms with van der Waals surface area (Å²) in [5, 5.41) is 0. The highest BCUT2D eigenvalue weighted by Gasteiger charge is 2.41. The van der Waals surface area contributed by atoms with E-state index in [0.29, 0.717) is 6.61 Å². The zero-order valence-corrected chi connectivity index (χ0v) is 14.3. The van der Waals surface area contributed by atoms with Crippen LogP contribution < -0.4 is 0 Å². The average Bonchev–Trinajstić information content (AvgIpc) is 1.96. The van der Waals surface area contributed by atoms with Gasteiger partial charge in [-0.25, -0.2) is 3.11 Å². The summed E-state index contributed by atoms with van der Waals surface area (Å²) >= 11 is 2.18. The fourth-order valence-corrected chi connectivity index (χ4v) is 2.56. The predicted octanol–water partition coefficient (Wildman–Crippen LogP) is 3.52. The lowest BCUT2D eigenvalue weighted by atomic mass is 9.67. The number of esters is 1. The van der Waals surface area contributed by atoms with Crippen molar-refractivity contribution in [3.8, 4) is 0 Å². The fourth-order valence-electron chi connectivity index (χ4n) is 2.36. The van der Waals surface area contributed by atoms with Crippen LogP contribution in [0.15, 0.2) is 0 Å². The predicted molar refractivity (Wildman–Crippen MR) is 80.0 cm³/mol. The van der Waals surface area contributed by atoms with Crippen molar-refractivity contribution in [3.05, 3.63) is 0 Å². The molecular formula is C13H26INO2. The molecule has 0 atom stereocenters. The highest BCUT2D eigenvalue weighted by molar-refractivity contribution is 14.1. The maximum absolute atomic E-state index is 12.2. The van der Waals surface area contributed by atoms with Crippen molar-refractivity contribution in [1.29, 1.82) is 0 Å². The lowest BCUT2D eigenvalue weighted by molar-refractivity contribution is -0.157. The first-order valence-corrected chi connectivity index (χ1v) is 6.96. The molecule has 0 bridgehead atoms. The van der Waals surface area contributed by atoms with Crippen molar-refractivity contribution in [3.63, 3.8) is 0 Å². The second-order valence-corrected chi connectivity index (χ2v) is 8.31. The number of halogens is 1. The number of nitrogens with zero attached hydrogens (tertiary/aromatic N) is 1. The molecule has 0 aromatic carbocycles. The Morgan fingerprint density at radius 1 is 1.18 bits per heavy atom. The molecule has 0 unspecified atom stereocenters. The van der Waals surface area contributed by atoms with Gasteiger partial charge >= 0.3 is 5.97 Å². The van der Waals surface area contributed by atoms with Gasteiger partial charge in [0.05, 0.1) is 5.92 Å². The number of carbonyl (C=O) groups excluding carboxylic acids is 1. The summed E-state index contributed by atoms with van der Waals surface area (Å²) in [5.74, 6) is -0.169. The maximum Gasteiger partial charge on any atom is 0.310 e. The molecule has 4 heteroatoms. The second-order valence-electron chi connectivity index (χ2n) is 6.66. The Morgan fingerprint density at radius 2 is 1.59 bits per heavy atom. The third kappa shape index (κ3) is 6.60. The van der Waals surface area contributed by atoms with Gasteiger partial charge in [-0.15, -0.1) is 0 Å². The van der Waals surface area contributed by atoms with Gasteiger partial charge in [0.1, 0.15) is 6.61 Å². The van der Waals surface area contributed by atoms with Crippen molar-refractivity contribution in [1.82, 2.24) is 3.11 Å². The van der Waals surface area contributed by atoms with Gasteiger partial charge in [-0.05, 0) is 17.9 Å². The lowest BCUT2D eigenvalue weighted by Crippen LogP contribution is -2.40. The van der Waals surface area contributed by atoms with Gasteiger partial charge < -0.3 is 4.74 Å². The summed E-state index contributed by atoms with van der Waals surface area (Å²) in [6.45, 7) is 13.8. The van der Waals surface area contributed by atoms with Crippen molar-refractivity contribution >= 4 is 28.8 Å². The quantitative estimate of drug-likeness (QED) is 0.439. The fraction of sp³-hybridized carbons (Fsp3) is 0.923. The summed E-state index contributed by atoms with van der Waals surface area (Å²) in [6.07, 6.45) is 0. The molecule has 0 heterocycles. The molecule has 0 fully saturated rings. The van der Waals surface area contributed by atoms with Crippen LogP contribution in [0.5, 0.6) is 0 Å². The Bertz CT molecular complexity index is 237. The molecule has 0 spiro atoms. The van der Waals surface area contributed by atoms with Crippen LogP contribution in [0.2, 0.25) is 0 Å². The Morgan fingerprint density at radius 3 is 1.88 bits per heavy atom. The second kappa shape index (κ2) is 6.36. The first-order chi connectivity index (χ1) is 7.46. The molecular weight excluding hydrogens is 329 g/mol. The van der Waals surface area contributed by atoms with Gasteiger partial charge in [-0.2, -0.15) is 0 Å². The monoisotopic (exact) mass is 355 g/mol. The third-order valence-electron chi connectivity index (χ3n) is 2.61. The highest BCUT2D eigenvalue weighted by atomic mass is 127. The van der Waals surface area contributed by atoms with E-state index in [0.717, 1.165) is 6.54 Å². The van der Waals surface area contributed by atoms with Gasteiger partial charge in [0.2, 0.25) is 0 Å². The average molecular weight is 355 g/mol. The van der Waals surface area contributed by atoms with Gasteiger partial charge in [0.15, 0.2) is 0 Å². The van der Waals surface area contributed by atoms with Crippen LogP contribution in [0.3, 0.4) is 0 Å². The van der Waals surface area contributed by atoms with Crippen molar-refractivity contribution in [2.45, 2.75) is 41.5 Å². The molecule has 0 aliphatic rings. The number of likely N-dealkylation sites (N-methyl/N-ethyl adjacent to an activating group) is 1. The van der Waals surface area contributed by atoms with Crippen LogP contribution in [0.25, 0.3) is 0 Å². The molecule has 0 saturated carbocycles. The minimum atomic E-state index is -0.0884. The zero-order chi connectivity index (χ0) is 13.9. The van der Waals surface area contributed by atoms with Gasteiger partial charge in [-0.1, -0.05) is 41.5 Å². The maximum atomic E-state index is 12.2. The van der Waals surface area contributed by atoms with Crippen LogP contribution in [-0.2, 0) is 9.53 Å². The molecule has 0 N–H and O–H groups in total. The summed E-state index contributed by atoms with van der Waals surface area (Å²) in [4.78, 5) is 12.2.